The van der Waals surface area contributed by atoms with Gasteiger partial charge in [-0.15, -0.1) is 0 Å². The molecule has 204 valence electrons. The second-order valence-corrected chi connectivity index (χ2v) is 12.3. The molecule has 0 radical (unpaired) electrons. The molecule has 4 unspecified atom stereocenters. The normalized spacial score (nSPS) is 25.8. The number of amides is 1. The highest BCUT2D eigenvalue weighted by Gasteiger charge is 2.43. The van der Waals surface area contributed by atoms with E-state index in [2.05, 4.69) is 50.8 Å². The molecule has 1 saturated carbocycles. The van der Waals surface area contributed by atoms with Crippen molar-refractivity contribution in [2.45, 2.75) is 62.6 Å². The fourth-order valence-corrected chi connectivity index (χ4v) is 7.41. The molecule has 6 rings (SSSR count). The maximum atomic E-state index is 12.7. The van der Waals surface area contributed by atoms with Gasteiger partial charge in [0.1, 0.15) is 5.82 Å². The summed E-state index contributed by atoms with van der Waals surface area (Å²) >= 11 is 12.5. The number of hydrogen-bond acceptors (Lipinski definition) is 4. The number of piperidine rings is 2. The van der Waals surface area contributed by atoms with E-state index in [1.54, 1.807) is 0 Å². The molecule has 7 heteroatoms. The molecule has 5 nitrogen and oxygen atoms in total. The maximum absolute atomic E-state index is 12.7. The third-order valence-corrected chi connectivity index (χ3v) is 9.56. The zero-order valence-corrected chi connectivity index (χ0v) is 23.6. The Morgan fingerprint density at radius 3 is 2.15 bits per heavy atom. The Morgan fingerprint density at radius 1 is 0.872 bits per heavy atom. The second kappa shape index (κ2) is 11.9. The van der Waals surface area contributed by atoms with E-state index in [0.29, 0.717) is 24.3 Å². The van der Waals surface area contributed by atoms with Gasteiger partial charge in [0.25, 0.3) is 0 Å². The number of aromatic nitrogens is 1. The van der Waals surface area contributed by atoms with Crippen LogP contribution < -0.4 is 15.5 Å². The smallest absolute Gasteiger partial charge is 0.221 e. The van der Waals surface area contributed by atoms with Crippen LogP contribution in [0.2, 0.25) is 10.0 Å². The van der Waals surface area contributed by atoms with Crippen LogP contribution in [-0.2, 0) is 4.79 Å². The zero-order valence-electron chi connectivity index (χ0n) is 22.1. The standard InChI is InChI=1S/C32H36Cl2N4O/c33-24-9-4-21(5-10-24)32(22-6-11-25(34)12-7-22)23-8-13-28-27(19-23)29(20-31(39)37-28)36-26-14-17-38(18-15-26)30-3-1-2-16-35-30/h1-7,9-12,16,23,26-29,32,36H,8,13-15,17-20H2,(H,37,39). The number of fused-ring (bicyclic) bond motifs is 1. The molecule has 0 bridgehead atoms. The average Bonchev–Trinajstić information content (AvgIpc) is 2.96. The van der Waals surface area contributed by atoms with Gasteiger partial charge >= 0.3 is 0 Å². The molecule has 1 aromatic heterocycles. The van der Waals surface area contributed by atoms with E-state index in [1.807, 2.05) is 42.6 Å². The molecular formula is C32H36Cl2N4O. The Kier molecular flexibility index (Phi) is 8.10. The van der Waals surface area contributed by atoms with Crippen LogP contribution in [0.5, 0.6) is 0 Å². The van der Waals surface area contributed by atoms with Crippen molar-refractivity contribution in [1.29, 1.82) is 0 Å². The molecule has 4 atom stereocenters. The molecule has 3 fully saturated rings. The van der Waals surface area contributed by atoms with Gasteiger partial charge in [-0.25, -0.2) is 4.98 Å². The first-order valence-corrected chi connectivity index (χ1v) is 15.0. The number of nitrogens with one attached hydrogen (secondary N) is 2. The molecule has 3 aromatic rings. The minimum atomic E-state index is 0.185. The predicted octanol–water partition coefficient (Wildman–Crippen LogP) is 6.45. The number of pyridine rings is 1. The van der Waals surface area contributed by atoms with Crippen molar-refractivity contribution in [3.63, 3.8) is 0 Å². The molecular weight excluding hydrogens is 527 g/mol. The van der Waals surface area contributed by atoms with Gasteiger partial charge in [0.2, 0.25) is 5.91 Å². The Morgan fingerprint density at radius 2 is 1.54 bits per heavy atom. The largest absolute Gasteiger partial charge is 0.357 e. The van der Waals surface area contributed by atoms with Gasteiger partial charge in [0.15, 0.2) is 0 Å². The van der Waals surface area contributed by atoms with E-state index in [0.717, 1.165) is 61.1 Å². The summed E-state index contributed by atoms with van der Waals surface area (Å²) in [5.41, 5.74) is 2.58. The van der Waals surface area contributed by atoms with Gasteiger partial charge in [-0.1, -0.05) is 53.5 Å². The second-order valence-electron chi connectivity index (χ2n) is 11.4. The summed E-state index contributed by atoms with van der Waals surface area (Å²) in [6, 6.07) is 23.6. The summed E-state index contributed by atoms with van der Waals surface area (Å²) in [5.74, 6) is 2.39. The van der Waals surface area contributed by atoms with Crippen LogP contribution in [0.4, 0.5) is 5.82 Å². The zero-order chi connectivity index (χ0) is 26.8. The van der Waals surface area contributed by atoms with Crippen LogP contribution in [0.15, 0.2) is 72.9 Å². The van der Waals surface area contributed by atoms with Crippen LogP contribution in [0.3, 0.4) is 0 Å². The van der Waals surface area contributed by atoms with Crippen molar-refractivity contribution in [3.05, 3.63) is 94.1 Å². The number of anilines is 1. The summed E-state index contributed by atoms with van der Waals surface area (Å²) in [6.07, 6.45) is 7.70. The van der Waals surface area contributed by atoms with E-state index in [1.165, 1.54) is 11.1 Å². The third-order valence-electron chi connectivity index (χ3n) is 9.06. The lowest BCUT2D eigenvalue weighted by Crippen LogP contribution is -2.60. The van der Waals surface area contributed by atoms with Crippen molar-refractivity contribution in [3.8, 4) is 0 Å². The van der Waals surface area contributed by atoms with Gasteiger partial charge in [0, 0.05) is 59.8 Å². The fraction of sp³-hybridized carbons (Fsp3) is 0.438. The number of hydrogen-bond donors (Lipinski definition) is 2. The van der Waals surface area contributed by atoms with Crippen LogP contribution >= 0.6 is 23.2 Å². The number of rotatable bonds is 6. The number of nitrogens with zero attached hydrogens (tertiary/aromatic N) is 2. The average molecular weight is 564 g/mol. The number of carbonyl (C=O) groups excluding carboxylic acids is 1. The first-order chi connectivity index (χ1) is 19.0. The summed E-state index contributed by atoms with van der Waals surface area (Å²) in [5, 5.41) is 8.82. The highest BCUT2D eigenvalue weighted by molar-refractivity contribution is 6.30. The molecule has 1 amide bonds. The van der Waals surface area contributed by atoms with Crippen molar-refractivity contribution >= 4 is 34.9 Å². The van der Waals surface area contributed by atoms with E-state index in [4.69, 9.17) is 23.2 Å². The molecule has 1 aliphatic carbocycles. The Labute approximate surface area is 241 Å². The minimum absolute atomic E-state index is 0.185. The molecule has 39 heavy (non-hydrogen) atoms. The van der Waals surface area contributed by atoms with Crippen molar-refractivity contribution in [2.24, 2.45) is 11.8 Å². The van der Waals surface area contributed by atoms with Crippen LogP contribution in [0.1, 0.15) is 55.6 Å². The maximum Gasteiger partial charge on any atom is 0.221 e. The lowest BCUT2D eigenvalue weighted by atomic mass is 9.65. The topological polar surface area (TPSA) is 57.3 Å². The Hall–Kier alpha value is -2.60. The molecule has 0 spiro atoms. The van der Waals surface area contributed by atoms with Gasteiger partial charge in [-0.2, -0.15) is 0 Å². The predicted molar refractivity (Wildman–Crippen MR) is 159 cm³/mol. The molecule has 2 N–H and O–H groups in total. The number of halogens is 2. The quantitative estimate of drug-likeness (QED) is 0.362. The first kappa shape index (κ1) is 26.6. The number of benzene rings is 2. The highest BCUT2D eigenvalue weighted by atomic mass is 35.5. The summed E-state index contributed by atoms with van der Waals surface area (Å²) in [7, 11) is 0. The van der Waals surface area contributed by atoms with Crippen LogP contribution in [-0.4, -0.2) is 42.1 Å². The molecule has 2 aromatic carbocycles. The van der Waals surface area contributed by atoms with Gasteiger partial charge < -0.3 is 15.5 Å². The Balaban J connectivity index is 1.18. The van der Waals surface area contributed by atoms with Crippen molar-refractivity contribution in [1.82, 2.24) is 15.6 Å². The fourth-order valence-electron chi connectivity index (χ4n) is 7.16. The third kappa shape index (κ3) is 6.11. The highest BCUT2D eigenvalue weighted by Crippen LogP contribution is 2.45. The summed E-state index contributed by atoms with van der Waals surface area (Å²) in [4.78, 5) is 19.6. The monoisotopic (exact) mass is 562 g/mol. The van der Waals surface area contributed by atoms with E-state index < -0.39 is 0 Å². The van der Waals surface area contributed by atoms with Crippen LogP contribution in [0, 0.1) is 11.8 Å². The molecule has 3 heterocycles. The summed E-state index contributed by atoms with van der Waals surface area (Å²) < 4.78 is 0. The Bertz CT molecular complexity index is 1200. The first-order valence-electron chi connectivity index (χ1n) is 14.3. The lowest BCUT2D eigenvalue weighted by Gasteiger charge is -2.47. The van der Waals surface area contributed by atoms with E-state index >= 15 is 0 Å². The van der Waals surface area contributed by atoms with Crippen molar-refractivity contribution in [2.75, 3.05) is 18.0 Å². The van der Waals surface area contributed by atoms with Gasteiger partial charge in [-0.05, 0) is 91.5 Å². The van der Waals surface area contributed by atoms with Gasteiger partial charge in [-0.3, -0.25) is 4.79 Å². The van der Waals surface area contributed by atoms with E-state index in [-0.39, 0.29) is 23.9 Å². The SMILES string of the molecule is O=C1CC(NC2CCN(c3ccccn3)CC2)C2CC(C(c3ccc(Cl)cc3)c3ccc(Cl)cc3)CCC2N1. The lowest BCUT2D eigenvalue weighted by molar-refractivity contribution is -0.126. The molecule has 2 saturated heterocycles. The molecule has 3 aliphatic rings. The number of carbonyl (C=O) groups is 1. The van der Waals surface area contributed by atoms with Gasteiger partial charge in [0.05, 0.1) is 0 Å². The summed E-state index contributed by atoms with van der Waals surface area (Å²) in [6.45, 7) is 1.97. The van der Waals surface area contributed by atoms with Crippen molar-refractivity contribution < 1.29 is 4.79 Å². The van der Waals surface area contributed by atoms with Crippen LogP contribution in [0.25, 0.3) is 0 Å². The minimum Gasteiger partial charge on any atom is -0.357 e. The molecule has 2 aliphatic heterocycles. The van der Waals surface area contributed by atoms with E-state index in [9.17, 15) is 4.79 Å².